The average molecular weight is 294 g/mol. The van der Waals surface area contributed by atoms with Crippen LogP contribution in [0.5, 0.6) is 17.2 Å². The summed E-state index contributed by atoms with van der Waals surface area (Å²) in [7, 11) is 3.48. The maximum Gasteiger partial charge on any atom is 0.236 e. The van der Waals surface area contributed by atoms with Crippen molar-refractivity contribution >= 4 is 5.91 Å². The molecule has 1 N–H and O–H groups in total. The first-order chi connectivity index (χ1) is 10.0. The van der Waals surface area contributed by atoms with E-state index in [0.717, 1.165) is 18.5 Å². The van der Waals surface area contributed by atoms with E-state index in [0.29, 0.717) is 24.6 Å². The van der Waals surface area contributed by atoms with Crippen molar-refractivity contribution in [1.82, 2.24) is 9.80 Å². The smallest absolute Gasteiger partial charge is 0.236 e. The third-order valence-electron chi connectivity index (χ3n) is 3.37. The Balaban J connectivity index is 2.11. The maximum atomic E-state index is 11.9. The number of nitrogens with zero attached hydrogens (tertiary/aromatic N) is 2. The summed E-state index contributed by atoms with van der Waals surface area (Å²) < 4.78 is 10.6. The van der Waals surface area contributed by atoms with Gasteiger partial charge in [0.2, 0.25) is 12.7 Å². The van der Waals surface area contributed by atoms with Crippen molar-refractivity contribution in [2.45, 2.75) is 19.9 Å². The molecule has 0 aromatic heterocycles. The molecule has 0 saturated heterocycles. The second-order valence-electron chi connectivity index (χ2n) is 5.33. The SMILES string of the molecule is CCCN(CC(=O)N(C)C)Cc1cc2c(cc1O)OCO2. The number of likely N-dealkylation sites (N-methyl/N-ethyl adjacent to an activating group) is 1. The molecule has 116 valence electrons. The third kappa shape index (κ3) is 3.78. The van der Waals surface area contributed by atoms with Gasteiger partial charge < -0.3 is 19.5 Å². The molecule has 6 heteroatoms. The molecule has 0 atom stereocenters. The minimum atomic E-state index is 0.0451. The van der Waals surface area contributed by atoms with Gasteiger partial charge in [0, 0.05) is 32.3 Å². The molecule has 1 aliphatic rings. The molecular formula is C15H22N2O4. The number of phenolic OH excluding ortho intramolecular Hbond substituents is 1. The van der Waals surface area contributed by atoms with E-state index in [9.17, 15) is 9.90 Å². The van der Waals surface area contributed by atoms with Gasteiger partial charge in [0.15, 0.2) is 11.5 Å². The van der Waals surface area contributed by atoms with Crippen LogP contribution < -0.4 is 9.47 Å². The number of carbonyl (C=O) groups excluding carboxylic acids is 1. The molecule has 21 heavy (non-hydrogen) atoms. The number of hydrogen-bond acceptors (Lipinski definition) is 5. The highest BCUT2D eigenvalue weighted by Crippen LogP contribution is 2.37. The van der Waals surface area contributed by atoms with E-state index in [1.54, 1.807) is 31.1 Å². The summed E-state index contributed by atoms with van der Waals surface area (Å²) in [6, 6.07) is 3.34. The lowest BCUT2D eigenvalue weighted by Crippen LogP contribution is -2.36. The van der Waals surface area contributed by atoms with Crippen molar-refractivity contribution in [3.05, 3.63) is 17.7 Å². The van der Waals surface area contributed by atoms with Crippen LogP contribution >= 0.6 is 0 Å². The standard InChI is InChI=1S/C15H22N2O4/c1-4-5-17(9-15(19)16(2)3)8-11-6-13-14(7-12(11)18)21-10-20-13/h6-7,18H,4-5,8-10H2,1-3H3. The average Bonchev–Trinajstić information content (AvgIpc) is 2.86. The molecule has 6 nitrogen and oxygen atoms in total. The Morgan fingerprint density at radius 3 is 2.57 bits per heavy atom. The summed E-state index contributed by atoms with van der Waals surface area (Å²) in [4.78, 5) is 15.5. The van der Waals surface area contributed by atoms with Gasteiger partial charge in [-0.05, 0) is 19.0 Å². The number of ether oxygens (including phenoxy) is 2. The highest BCUT2D eigenvalue weighted by atomic mass is 16.7. The minimum Gasteiger partial charge on any atom is -0.507 e. The molecule has 0 saturated carbocycles. The van der Waals surface area contributed by atoms with E-state index in [2.05, 4.69) is 6.92 Å². The van der Waals surface area contributed by atoms with Gasteiger partial charge in [-0.3, -0.25) is 9.69 Å². The predicted molar refractivity (Wildman–Crippen MR) is 78.5 cm³/mol. The largest absolute Gasteiger partial charge is 0.507 e. The second-order valence-corrected chi connectivity index (χ2v) is 5.33. The van der Waals surface area contributed by atoms with Crippen molar-refractivity contribution < 1.29 is 19.4 Å². The molecule has 1 amide bonds. The van der Waals surface area contributed by atoms with Gasteiger partial charge in [-0.25, -0.2) is 0 Å². The highest BCUT2D eigenvalue weighted by molar-refractivity contribution is 5.77. The van der Waals surface area contributed by atoms with Gasteiger partial charge in [0.1, 0.15) is 5.75 Å². The number of hydrogen-bond donors (Lipinski definition) is 1. The van der Waals surface area contributed by atoms with Gasteiger partial charge >= 0.3 is 0 Å². The fraction of sp³-hybridized carbons (Fsp3) is 0.533. The zero-order valence-corrected chi connectivity index (χ0v) is 12.8. The first-order valence-electron chi connectivity index (χ1n) is 7.05. The van der Waals surface area contributed by atoms with Crippen LogP contribution in [-0.4, -0.2) is 54.8 Å². The van der Waals surface area contributed by atoms with Crippen LogP contribution in [0.2, 0.25) is 0 Å². The van der Waals surface area contributed by atoms with Crippen LogP contribution in [0.15, 0.2) is 12.1 Å². The quantitative estimate of drug-likeness (QED) is 0.860. The fourth-order valence-corrected chi connectivity index (χ4v) is 2.20. The topological polar surface area (TPSA) is 62.2 Å². The first-order valence-corrected chi connectivity index (χ1v) is 7.05. The van der Waals surface area contributed by atoms with E-state index >= 15 is 0 Å². The Morgan fingerprint density at radius 1 is 1.29 bits per heavy atom. The van der Waals surface area contributed by atoms with Crippen molar-refractivity contribution in [3.63, 3.8) is 0 Å². The van der Waals surface area contributed by atoms with Crippen molar-refractivity contribution in [3.8, 4) is 17.2 Å². The second kappa shape index (κ2) is 6.67. The Hall–Kier alpha value is -1.95. The maximum absolute atomic E-state index is 11.9. The Labute approximate surface area is 124 Å². The molecule has 0 aliphatic carbocycles. The fourth-order valence-electron chi connectivity index (χ4n) is 2.20. The van der Waals surface area contributed by atoms with Gasteiger partial charge in [-0.1, -0.05) is 6.92 Å². The number of aromatic hydroxyl groups is 1. The Morgan fingerprint density at radius 2 is 1.95 bits per heavy atom. The van der Waals surface area contributed by atoms with E-state index in [4.69, 9.17) is 9.47 Å². The normalized spacial score (nSPS) is 12.8. The summed E-state index contributed by atoms with van der Waals surface area (Å²) in [6.07, 6.45) is 0.937. The number of amides is 1. The number of rotatable bonds is 6. The van der Waals surface area contributed by atoms with Gasteiger partial charge in [-0.2, -0.15) is 0 Å². The molecule has 2 rings (SSSR count). The molecule has 0 bridgehead atoms. The monoisotopic (exact) mass is 294 g/mol. The third-order valence-corrected chi connectivity index (χ3v) is 3.37. The summed E-state index contributed by atoms with van der Waals surface area (Å²) >= 11 is 0. The Kier molecular flexibility index (Phi) is 4.90. The van der Waals surface area contributed by atoms with E-state index in [-0.39, 0.29) is 18.4 Å². The predicted octanol–water partition coefficient (Wildman–Crippen LogP) is 1.42. The summed E-state index contributed by atoms with van der Waals surface area (Å²) in [5, 5.41) is 10.1. The van der Waals surface area contributed by atoms with Crippen LogP contribution in [0, 0.1) is 0 Å². The van der Waals surface area contributed by atoms with Crippen LogP contribution in [0.1, 0.15) is 18.9 Å². The number of carbonyl (C=O) groups is 1. The molecule has 0 fully saturated rings. The molecule has 0 unspecified atom stereocenters. The van der Waals surface area contributed by atoms with E-state index < -0.39 is 0 Å². The lowest BCUT2D eigenvalue weighted by molar-refractivity contribution is -0.130. The molecular weight excluding hydrogens is 272 g/mol. The van der Waals surface area contributed by atoms with Crippen molar-refractivity contribution in [2.24, 2.45) is 0 Å². The van der Waals surface area contributed by atoms with Crippen molar-refractivity contribution in [1.29, 1.82) is 0 Å². The summed E-state index contributed by atoms with van der Waals surface area (Å²) in [5.41, 5.74) is 0.735. The molecule has 1 heterocycles. The van der Waals surface area contributed by atoms with Crippen LogP contribution in [0.3, 0.4) is 0 Å². The molecule has 0 spiro atoms. The zero-order chi connectivity index (χ0) is 15.4. The lowest BCUT2D eigenvalue weighted by atomic mass is 10.1. The number of benzene rings is 1. The molecule has 0 radical (unpaired) electrons. The lowest BCUT2D eigenvalue weighted by Gasteiger charge is -2.23. The van der Waals surface area contributed by atoms with Crippen molar-refractivity contribution in [2.75, 3.05) is 34.0 Å². The highest BCUT2D eigenvalue weighted by Gasteiger charge is 2.19. The van der Waals surface area contributed by atoms with Gasteiger partial charge in [0.25, 0.3) is 0 Å². The molecule has 1 aromatic carbocycles. The van der Waals surface area contributed by atoms with Crippen LogP contribution in [0.4, 0.5) is 0 Å². The van der Waals surface area contributed by atoms with Gasteiger partial charge in [-0.15, -0.1) is 0 Å². The van der Waals surface area contributed by atoms with E-state index in [1.165, 1.54) is 0 Å². The Bertz CT molecular complexity index is 517. The summed E-state index contributed by atoms with van der Waals surface area (Å²) in [6.45, 7) is 3.85. The number of fused-ring (bicyclic) bond motifs is 1. The number of phenols is 1. The van der Waals surface area contributed by atoms with Gasteiger partial charge in [0.05, 0.1) is 6.54 Å². The minimum absolute atomic E-state index is 0.0451. The van der Waals surface area contributed by atoms with E-state index in [1.807, 2.05) is 4.90 Å². The molecule has 1 aromatic rings. The zero-order valence-electron chi connectivity index (χ0n) is 12.8. The van der Waals surface area contributed by atoms with Crippen LogP contribution in [0.25, 0.3) is 0 Å². The van der Waals surface area contributed by atoms with Crippen LogP contribution in [-0.2, 0) is 11.3 Å². The summed E-state index contributed by atoms with van der Waals surface area (Å²) in [5.74, 6) is 1.40. The first kappa shape index (κ1) is 15.4. The molecule has 1 aliphatic heterocycles.